The average Bonchev–Trinajstić information content (AvgIpc) is 2.92. The number of hydrogen-bond acceptors (Lipinski definition) is 6. The Balaban J connectivity index is 1.55. The van der Waals surface area contributed by atoms with E-state index in [0.717, 1.165) is 31.6 Å². The van der Waals surface area contributed by atoms with Crippen molar-refractivity contribution in [1.29, 1.82) is 5.26 Å². The molecule has 0 aromatic carbocycles. The Morgan fingerprint density at radius 2 is 2.14 bits per heavy atom. The Morgan fingerprint density at radius 3 is 2.90 bits per heavy atom. The van der Waals surface area contributed by atoms with E-state index < -0.39 is 0 Å². The third kappa shape index (κ3) is 3.14. The largest absolute Gasteiger partial charge is 0.365 e. The first kappa shape index (κ1) is 14.2. The van der Waals surface area contributed by atoms with Gasteiger partial charge in [-0.15, -0.1) is 0 Å². The molecule has 1 saturated carbocycles. The van der Waals surface area contributed by atoms with Gasteiger partial charge in [-0.3, -0.25) is 0 Å². The van der Waals surface area contributed by atoms with E-state index in [9.17, 15) is 0 Å². The third-order valence-electron chi connectivity index (χ3n) is 4.25. The molecule has 3 rings (SSSR count). The van der Waals surface area contributed by atoms with Crippen molar-refractivity contribution in [3.8, 4) is 6.07 Å². The van der Waals surface area contributed by atoms with Gasteiger partial charge in [-0.2, -0.15) is 5.26 Å². The van der Waals surface area contributed by atoms with Crippen molar-refractivity contribution < 1.29 is 9.47 Å². The number of nitriles is 1. The van der Waals surface area contributed by atoms with Gasteiger partial charge in [0.05, 0.1) is 6.61 Å². The van der Waals surface area contributed by atoms with Gasteiger partial charge in [-0.25, -0.2) is 9.97 Å². The van der Waals surface area contributed by atoms with E-state index in [0.29, 0.717) is 24.7 Å². The van der Waals surface area contributed by atoms with E-state index in [1.807, 2.05) is 6.07 Å². The lowest BCUT2D eigenvalue weighted by molar-refractivity contribution is -0.190. The highest BCUT2D eigenvalue weighted by atomic mass is 16.7. The monoisotopic (exact) mass is 288 g/mol. The van der Waals surface area contributed by atoms with Crippen LogP contribution in [-0.4, -0.2) is 35.0 Å². The Kier molecular flexibility index (Phi) is 4.04. The molecule has 1 aliphatic carbocycles. The standard InChI is InChI=1S/C15H20N4O2/c1-11-2-4-15(5-3-11)20-10-12(21-15)9-19-14-13(8-16)17-6-7-18-14/h6-7,11-12H,2-5,9-10H2,1H3,(H,18,19)/t11?,12-,15?/m1/s1. The minimum absolute atomic E-state index is 0.00745. The highest BCUT2D eigenvalue weighted by molar-refractivity contribution is 5.46. The van der Waals surface area contributed by atoms with Crippen molar-refractivity contribution in [3.63, 3.8) is 0 Å². The summed E-state index contributed by atoms with van der Waals surface area (Å²) >= 11 is 0. The Hall–Kier alpha value is -1.71. The van der Waals surface area contributed by atoms with Gasteiger partial charge in [0.1, 0.15) is 12.2 Å². The Bertz CT molecular complexity index is 535. The zero-order chi connectivity index (χ0) is 14.7. The number of anilines is 1. The van der Waals surface area contributed by atoms with Crippen molar-refractivity contribution >= 4 is 5.82 Å². The van der Waals surface area contributed by atoms with Crippen LogP contribution in [0.15, 0.2) is 12.4 Å². The van der Waals surface area contributed by atoms with E-state index in [1.165, 1.54) is 6.20 Å². The number of ether oxygens (including phenoxy) is 2. The molecule has 2 fully saturated rings. The fourth-order valence-corrected chi connectivity index (χ4v) is 2.94. The van der Waals surface area contributed by atoms with E-state index in [4.69, 9.17) is 14.7 Å². The molecule has 0 unspecified atom stereocenters. The summed E-state index contributed by atoms with van der Waals surface area (Å²) in [7, 11) is 0. The van der Waals surface area contributed by atoms with Crippen LogP contribution >= 0.6 is 0 Å². The van der Waals surface area contributed by atoms with Crippen LogP contribution in [0.25, 0.3) is 0 Å². The lowest BCUT2D eigenvalue weighted by Crippen LogP contribution is -2.36. The molecule has 0 bridgehead atoms. The summed E-state index contributed by atoms with van der Waals surface area (Å²) in [5, 5.41) is 12.1. The van der Waals surface area contributed by atoms with Gasteiger partial charge in [0, 0.05) is 31.8 Å². The maximum atomic E-state index is 8.99. The molecule has 112 valence electrons. The summed E-state index contributed by atoms with van der Waals surface area (Å²) < 4.78 is 12.0. The van der Waals surface area contributed by atoms with Crippen molar-refractivity contribution in [3.05, 3.63) is 18.1 Å². The van der Waals surface area contributed by atoms with Gasteiger partial charge in [-0.1, -0.05) is 6.92 Å². The van der Waals surface area contributed by atoms with Gasteiger partial charge >= 0.3 is 0 Å². The molecule has 1 N–H and O–H groups in total. The molecule has 6 nitrogen and oxygen atoms in total. The Morgan fingerprint density at radius 1 is 1.38 bits per heavy atom. The smallest absolute Gasteiger partial charge is 0.182 e. The molecule has 2 heterocycles. The number of nitrogens with one attached hydrogen (secondary N) is 1. The van der Waals surface area contributed by atoms with Gasteiger partial charge in [0.15, 0.2) is 17.3 Å². The minimum atomic E-state index is -0.376. The molecule has 21 heavy (non-hydrogen) atoms. The topological polar surface area (TPSA) is 80.1 Å². The van der Waals surface area contributed by atoms with Gasteiger partial charge in [-0.05, 0) is 18.8 Å². The summed E-state index contributed by atoms with van der Waals surface area (Å²) in [5.41, 5.74) is 0.303. The van der Waals surface area contributed by atoms with Gasteiger partial charge < -0.3 is 14.8 Å². The molecular formula is C15H20N4O2. The summed E-state index contributed by atoms with van der Waals surface area (Å²) in [5.74, 6) is 0.888. The molecule has 1 aromatic rings. The molecule has 1 aliphatic heterocycles. The molecule has 2 aliphatic rings. The molecule has 1 atom stereocenters. The van der Waals surface area contributed by atoms with Crippen LogP contribution in [0.2, 0.25) is 0 Å². The van der Waals surface area contributed by atoms with Crippen LogP contribution in [0.3, 0.4) is 0 Å². The normalized spacial score (nSPS) is 32.0. The number of aromatic nitrogens is 2. The molecule has 0 radical (unpaired) electrons. The molecule has 6 heteroatoms. The van der Waals surface area contributed by atoms with Crippen molar-refractivity contribution in [2.45, 2.75) is 44.5 Å². The number of rotatable bonds is 3. The van der Waals surface area contributed by atoms with Crippen LogP contribution in [0, 0.1) is 17.2 Å². The zero-order valence-electron chi connectivity index (χ0n) is 12.2. The predicted molar refractivity (Wildman–Crippen MR) is 76.4 cm³/mol. The molecule has 1 aromatic heterocycles. The predicted octanol–water partition coefficient (Wildman–Crippen LogP) is 2.08. The lowest BCUT2D eigenvalue weighted by Gasteiger charge is -2.34. The second-order valence-corrected chi connectivity index (χ2v) is 5.89. The quantitative estimate of drug-likeness (QED) is 0.917. The first-order chi connectivity index (χ1) is 10.2. The molecule has 1 saturated heterocycles. The Labute approximate surface area is 124 Å². The fraction of sp³-hybridized carbons (Fsp3) is 0.667. The molecule has 1 spiro atoms. The van der Waals surface area contributed by atoms with Crippen LogP contribution in [-0.2, 0) is 9.47 Å². The second-order valence-electron chi connectivity index (χ2n) is 5.89. The van der Waals surface area contributed by atoms with Crippen LogP contribution in [0.5, 0.6) is 0 Å². The molecule has 0 amide bonds. The minimum Gasteiger partial charge on any atom is -0.365 e. The van der Waals surface area contributed by atoms with E-state index in [-0.39, 0.29) is 11.9 Å². The summed E-state index contributed by atoms with van der Waals surface area (Å²) in [6.07, 6.45) is 7.33. The summed E-state index contributed by atoms with van der Waals surface area (Å²) in [6.45, 7) is 3.44. The highest BCUT2D eigenvalue weighted by Crippen LogP contribution is 2.39. The SMILES string of the molecule is CC1CCC2(CC1)OC[C@@H](CNc1nccnc1C#N)O2. The fourth-order valence-electron chi connectivity index (χ4n) is 2.94. The lowest BCUT2D eigenvalue weighted by atomic mass is 9.86. The average molecular weight is 288 g/mol. The first-order valence-electron chi connectivity index (χ1n) is 7.47. The summed E-state index contributed by atoms with van der Waals surface area (Å²) in [4.78, 5) is 8.11. The van der Waals surface area contributed by atoms with E-state index in [1.54, 1.807) is 6.20 Å². The summed E-state index contributed by atoms with van der Waals surface area (Å²) in [6, 6.07) is 2.02. The van der Waals surface area contributed by atoms with Crippen LogP contribution in [0.4, 0.5) is 5.82 Å². The van der Waals surface area contributed by atoms with Gasteiger partial charge in [0.25, 0.3) is 0 Å². The van der Waals surface area contributed by atoms with Crippen molar-refractivity contribution in [2.75, 3.05) is 18.5 Å². The van der Waals surface area contributed by atoms with Crippen LogP contribution < -0.4 is 5.32 Å². The number of nitrogens with zero attached hydrogens (tertiary/aromatic N) is 3. The highest BCUT2D eigenvalue weighted by Gasteiger charge is 2.43. The van der Waals surface area contributed by atoms with Crippen LogP contribution in [0.1, 0.15) is 38.3 Å². The van der Waals surface area contributed by atoms with Crippen molar-refractivity contribution in [2.24, 2.45) is 5.92 Å². The second kappa shape index (κ2) is 5.96. The van der Waals surface area contributed by atoms with E-state index >= 15 is 0 Å². The number of hydrogen-bond donors (Lipinski definition) is 1. The maximum absolute atomic E-state index is 8.99. The van der Waals surface area contributed by atoms with E-state index in [2.05, 4.69) is 22.2 Å². The van der Waals surface area contributed by atoms with Crippen molar-refractivity contribution in [1.82, 2.24) is 9.97 Å². The third-order valence-corrected chi connectivity index (χ3v) is 4.25. The van der Waals surface area contributed by atoms with Gasteiger partial charge in [0.2, 0.25) is 0 Å². The zero-order valence-corrected chi connectivity index (χ0v) is 12.2. The first-order valence-corrected chi connectivity index (χ1v) is 7.47. The molecular weight excluding hydrogens is 268 g/mol. The maximum Gasteiger partial charge on any atom is 0.182 e.